The Morgan fingerprint density at radius 3 is 2.50 bits per heavy atom. The largest absolute Gasteiger partial charge is 0.366 e. The van der Waals surface area contributed by atoms with Crippen molar-refractivity contribution < 1.29 is 9.59 Å². The predicted octanol–water partition coefficient (Wildman–Crippen LogP) is 0.455. The molecular formula is C14H22N4O2. The summed E-state index contributed by atoms with van der Waals surface area (Å²) >= 11 is 0. The summed E-state index contributed by atoms with van der Waals surface area (Å²) < 4.78 is 0. The SMILES string of the molecule is Cc1cc(C(N)=O)ccc1CNCCNC(=O)N(C)C. The van der Waals surface area contributed by atoms with Gasteiger partial charge in [0, 0.05) is 39.3 Å². The molecule has 0 spiro atoms. The van der Waals surface area contributed by atoms with Crippen molar-refractivity contribution in [2.45, 2.75) is 13.5 Å². The molecule has 0 heterocycles. The molecule has 0 atom stereocenters. The van der Waals surface area contributed by atoms with E-state index in [0.717, 1.165) is 11.1 Å². The molecule has 1 aromatic carbocycles. The summed E-state index contributed by atoms with van der Waals surface area (Å²) in [6.45, 7) is 3.87. The fraction of sp³-hybridized carbons (Fsp3) is 0.429. The van der Waals surface area contributed by atoms with E-state index in [9.17, 15) is 9.59 Å². The molecule has 4 N–H and O–H groups in total. The van der Waals surface area contributed by atoms with Gasteiger partial charge in [-0.2, -0.15) is 0 Å². The molecule has 0 saturated heterocycles. The first-order chi connectivity index (χ1) is 9.41. The molecule has 110 valence electrons. The Kier molecular flexibility index (Phi) is 5.99. The van der Waals surface area contributed by atoms with E-state index in [1.165, 1.54) is 4.90 Å². The number of urea groups is 1. The Balaban J connectivity index is 2.36. The zero-order valence-corrected chi connectivity index (χ0v) is 12.2. The maximum atomic E-state index is 11.3. The molecule has 0 aliphatic carbocycles. The molecule has 6 heteroatoms. The number of rotatable bonds is 6. The summed E-state index contributed by atoms with van der Waals surface area (Å²) in [6, 6.07) is 5.29. The normalized spacial score (nSPS) is 10.2. The van der Waals surface area contributed by atoms with Crippen LogP contribution in [0.1, 0.15) is 21.5 Å². The minimum Gasteiger partial charge on any atom is -0.366 e. The molecule has 0 aliphatic rings. The van der Waals surface area contributed by atoms with E-state index in [1.54, 1.807) is 26.2 Å². The maximum Gasteiger partial charge on any atom is 0.316 e. The predicted molar refractivity (Wildman–Crippen MR) is 78.5 cm³/mol. The second kappa shape index (κ2) is 7.49. The van der Waals surface area contributed by atoms with E-state index in [4.69, 9.17) is 5.73 Å². The van der Waals surface area contributed by atoms with Crippen LogP contribution in [0.15, 0.2) is 18.2 Å². The quantitative estimate of drug-likeness (QED) is 0.660. The Bertz CT molecular complexity index is 486. The van der Waals surface area contributed by atoms with Crippen molar-refractivity contribution >= 4 is 11.9 Å². The van der Waals surface area contributed by atoms with Gasteiger partial charge in [-0.3, -0.25) is 4.79 Å². The number of carbonyl (C=O) groups is 2. The average Bonchev–Trinajstić information content (AvgIpc) is 2.39. The summed E-state index contributed by atoms with van der Waals surface area (Å²) in [5.41, 5.74) is 7.87. The summed E-state index contributed by atoms with van der Waals surface area (Å²) in [5.74, 6) is -0.418. The number of nitrogens with two attached hydrogens (primary N) is 1. The molecule has 6 nitrogen and oxygen atoms in total. The molecule has 1 aromatic rings. The summed E-state index contributed by atoms with van der Waals surface area (Å²) in [5, 5.41) is 6.01. The lowest BCUT2D eigenvalue weighted by atomic mass is 10.0. The number of hydrogen-bond donors (Lipinski definition) is 3. The molecule has 20 heavy (non-hydrogen) atoms. The van der Waals surface area contributed by atoms with E-state index < -0.39 is 5.91 Å². The first-order valence-electron chi connectivity index (χ1n) is 6.47. The first-order valence-corrected chi connectivity index (χ1v) is 6.47. The third kappa shape index (κ3) is 4.89. The van der Waals surface area contributed by atoms with E-state index in [-0.39, 0.29) is 6.03 Å². The average molecular weight is 278 g/mol. The van der Waals surface area contributed by atoms with E-state index >= 15 is 0 Å². The summed E-state index contributed by atoms with van der Waals surface area (Å²) in [6.07, 6.45) is 0. The summed E-state index contributed by atoms with van der Waals surface area (Å²) in [4.78, 5) is 23.8. The lowest BCUT2D eigenvalue weighted by Gasteiger charge is -2.13. The van der Waals surface area contributed by atoms with Gasteiger partial charge in [-0.15, -0.1) is 0 Å². The van der Waals surface area contributed by atoms with Crippen LogP contribution in [0, 0.1) is 6.92 Å². The smallest absolute Gasteiger partial charge is 0.316 e. The first kappa shape index (κ1) is 16.0. The van der Waals surface area contributed by atoms with Crippen molar-refractivity contribution in [3.05, 3.63) is 34.9 Å². The Labute approximate surface area is 119 Å². The van der Waals surface area contributed by atoms with Gasteiger partial charge in [0.15, 0.2) is 0 Å². The van der Waals surface area contributed by atoms with Crippen LogP contribution in [0.3, 0.4) is 0 Å². The van der Waals surface area contributed by atoms with Crippen LogP contribution < -0.4 is 16.4 Å². The molecule has 3 amide bonds. The molecular weight excluding hydrogens is 256 g/mol. The number of nitrogens with one attached hydrogen (secondary N) is 2. The third-order valence-corrected chi connectivity index (χ3v) is 2.93. The van der Waals surface area contributed by atoms with Gasteiger partial charge >= 0.3 is 6.03 Å². The Morgan fingerprint density at radius 1 is 1.25 bits per heavy atom. The zero-order valence-electron chi connectivity index (χ0n) is 12.2. The molecule has 1 rings (SSSR count). The standard InChI is InChI=1S/C14H22N4O2/c1-10-8-11(13(15)19)4-5-12(10)9-16-6-7-17-14(20)18(2)3/h4-5,8,16H,6-7,9H2,1-3H3,(H2,15,19)(H,17,20). The van der Waals surface area contributed by atoms with Gasteiger partial charge < -0.3 is 21.3 Å². The number of carbonyl (C=O) groups excluding carboxylic acids is 2. The van der Waals surface area contributed by atoms with E-state index in [0.29, 0.717) is 25.2 Å². The van der Waals surface area contributed by atoms with Gasteiger partial charge in [-0.05, 0) is 30.2 Å². The minimum atomic E-state index is -0.418. The fourth-order valence-electron chi connectivity index (χ4n) is 1.69. The highest BCUT2D eigenvalue weighted by Gasteiger charge is 2.04. The number of amides is 3. The molecule has 0 fully saturated rings. The third-order valence-electron chi connectivity index (χ3n) is 2.93. The second-order valence-electron chi connectivity index (χ2n) is 4.81. The highest BCUT2D eigenvalue weighted by molar-refractivity contribution is 5.93. The number of aryl methyl sites for hydroxylation is 1. The van der Waals surface area contributed by atoms with Gasteiger partial charge in [0.1, 0.15) is 0 Å². The monoisotopic (exact) mass is 278 g/mol. The van der Waals surface area contributed by atoms with Gasteiger partial charge in [0.05, 0.1) is 0 Å². The molecule has 0 aliphatic heterocycles. The highest BCUT2D eigenvalue weighted by atomic mass is 16.2. The van der Waals surface area contributed by atoms with Gasteiger partial charge in [0.25, 0.3) is 0 Å². The lowest BCUT2D eigenvalue weighted by molar-refractivity contribution is 0.1000. The van der Waals surface area contributed by atoms with E-state index in [1.807, 2.05) is 13.0 Å². The fourth-order valence-corrected chi connectivity index (χ4v) is 1.69. The van der Waals surface area contributed by atoms with Crippen LogP contribution in [0.25, 0.3) is 0 Å². The van der Waals surface area contributed by atoms with Gasteiger partial charge in [-0.1, -0.05) is 6.07 Å². The molecule has 0 radical (unpaired) electrons. The molecule has 0 bridgehead atoms. The van der Waals surface area contributed by atoms with Crippen LogP contribution in [0.5, 0.6) is 0 Å². The molecule has 0 saturated carbocycles. The molecule has 0 unspecified atom stereocenters. The topological polar surface area (TPSA) is 87.5 Å². The highest BCUT2D eigenvalue weighted by Crippen LogP contribution is 2.10. The van der Waals surface area contributed by atoms with Crippen LogP contribution in [0.2, 0.25) is 0 Å². The van der Waals surface area contributed by atoms with Crippen molar-refractivity contribution in [1.29, 1.82) is 0 Å². The van der Waals surface area contributed by atoms with Crippen LogP contribution in [0.4, 0.5) is 4.79 Å². The Morgan fingerprint density at radius 2 is 1.95 bits per heavy atom. The van der Waals surface area contributed by atoms with Gasteiger partial charge in [0.2, 0.25) is 5.91 Å². The van der Waals surface area contributed by atoms with Crippen molar-refractivity contribution in [3.63, 3.8) is 0 Å². The minimum absolute atomic E-state index is 0.103. The van der Waals surface area contributed by atoms with Crippen molar-refractivity contribution in [2.75, 3.05) is 27.2 Å². The summed E-state index contributed by atoms with van der Waals surface area (Å²) in [7, 11) is 3.40. The molecule has 0 aromatic heterocycles. The van der Waals surface area contributed by atoms with Crippen molar-refractivity contribution in [3.8, 4) is 0 Å². The maximum absolute atomic E-state index is 11.3. The number of benzene rings is 1. The van der Waals surface area contributed by atoms with Crippen molar-refractivity contribution in [2.24, 2.45) is 5.73 Å². The Hall–Kier alpha value is -2.08. The number of nitrogens with zero attached hydrogens (tertiary/aromatic N) is 1. The van der Waals surface area contributed by atoms with Crippen molar-refractivity contribution in [1.82, 2.24) is 15.5 Å². The van der Waals surface area contributed by atoms with E-state index in [2.05, 4.69) is 10.6 Å². The number of primary amides is 1. The van der Waals surface area contributed by atoms with Crippen LogP contribution in [-0.4, -0.2) is 44.0 Å². The zero-order chi connectivity index (χ0) is 15.1. The van der Waals surface area contributed by atoms with Crippen LogP contribution >= 0.6 is 0 Å². The second-order valence-corrected chi connectivity index (χ2v) is 4.81. The van der Waals surface area contributed by atoms with Gasteiger partial charge in [-0.25, -0.2) is 4.79 Å². The van der Waals surface area contributed by atoms with Crippen LogP contribution in [-0.2, 0) is 6.54 Å². The number of hydrogen-bond acceptors (Lipinski definition) is 3. The lowest BCUT2D eigenvalue weighted by Crippen LogP contribution is -2.38.